The zero-order valence-corrected chi connectivity index (χ0v) is 15.5. The summed E-state index contributed by atoms with van der Waals surface area (Å²) in [5.74, 6) is 1.37. The van der Waals surface area contributed by atoms with Crippen LogP contribution < -0.4 is 4.74 Å². The van der Waals surface area contributed by atoms with Gasteiger partial charge in [-0.3, -0.25) is 0 Å². The van der Waals surface area contributed by atoms with E-state index in [0.717, 1.165) is 33.6 Å². The van der Waals surface area contributed by atoms with Gasteiger partial charge in [0.15, 0.2) is 0 Å². The summed E-state index contributed by atoms with van der Waals surface area (Å²) in [5.41, 5.74) is 4.01. The van der Waals surface area contributed by atoms with Gasteiger partial charge in [0.05, 0.1) is 11.6 Å². The number of methoxy groups -OCH3 is 1. The molecule has 1 atom stereocenters. The maximum absolute atomic E-state index is 6.21. The molecule has 3 rings (SSSR count). The summed E-state index contributed by atoms with van der Waals surface area (Å²) >= 11 is 13.6. The highest BCUT2D eigenvalue weighted by atomic mass is 79.9. The van der Waals surface area contributed by atoms with E-state index in [9.17, 15) is 0 Å². The average Bonchev–Trinajstić information content (AvgIpc) is 2.89. The van der Waals surface area contributed by atoms with Crippen molar-refractivity contribution in [1.29, 1.82) is 0 Å². The van der Waals surface area contributed by atoms with E-state index >= 15 is 0 Å². The molecule has 0 aliphatic heterocycles. The van der Waals surface area contributed by atoms with E-state index in [0.29, 0.717) is 5.92 Å². The maximum atomic E-state index is 6.21. The van der Waals surface area contributed by atoms with Crippen LogP contribution in [0.2, 0.25) is 5.02 Å². The van der Waals surface area contributed by atoms with Crippen LogP contribution in [0, 0.1) is 5.92 Å². The lowest BCUT2D eigenvalue weighted by Gasteiger charge is -2.21. The third-order valence-corrected chi connectivity index (χ3v) is 6.08. The van der Waals surface area contributed by atoms with Crippen LogP contribution in [0.1, 0.15) is 21.5 Å². The van der Waals surface area contributed by atoms with Crippen molar-refractivity contribution in [2.75, 3.05) is 7.11 Å². The number of halogens is 3. The molecule has 0 radical (unpaired) electrons. The summed E-state index contributed by atoms with van der Waals surface area (Å²) in [5, 5.41) is 0.720. The van der Waals surface area contributed by atoms with E-state index in [2.05, 4.69) is 56.1 Å². The Bertz CT molecular complexity index is 647. The van der Waals surface area contributed by atoms with Gasteiger partial charge in [0.25, 0.3) is 0 Å². The highest BCUT2D eigenvalue weighted by molar-refractivity contribution is 9.10. The van der Waals surface area contributed by atoms with Crippen LogP contribution in [0.5, 0.6) is 5.75 Å². The minimum atomic E-state index is 0.217. The van der Waals surface area contributed by atoms with Gasteiger partial charge in [0, 0.05) is 15.4 Å². The molecule has 0 bridgehead atoms. The average molecular weight is 431 g/mol. The zero-order valence-electron chi connectivity index (χ0n) is 11.6. The predicted octanol–water partition coefficient (Wildman–Crippen LogP) is 5.96. The van der Waals surface area contributed by atoms with Crippen molar-refractivity contribution in [3.05, 3.63) is 62.6 Å². The first-order valence-electron chi connectivity index (χ1n) is 6.84. The van der Waals surface area contributed by atoms with E-state index in [1.807, 2.05) is 12.1 Å². The van der Waals surface area contributed by atoms with E-state index in [4.69, 9.17) is 16.3 Å². The normalized spacial score (nSPS) is 15.8. The van der Waals surface area contributed by atoms with Gasteiger partial charge in [-0.2, -0.15) is 0 Å². The number of benzene rings is 2. The van der Waals surface area contributed by atoms with Crippen LogP contribution >= 0.6 is 43.5 Å². The van der Waals surface area contributed by atoms with E-state index in [-0.39, 0.29) is 4.83 Å². The zero-order chi connectivity index (χ0) is 15.0. The van der Waals surface area contributed by atoms with Crippen molar-refractivity contribution in [2.45, 2.75) is 17.7 Å². The van der Waals surface area contributed by atoms with Crippen LogP contribution in [0.3, 0.4) is 0 Å². The van der Waals surface area contributed by atoms with Crippen LogP contribution in [0.4, 0.5) is 0 Å². The van der Waals surface area contributed by atoms with Crippen molar-refractivity contribution < 1.29 is 4.74 Å². The summed E-state index contributed by atoms with van der Waals surface area (Å²) in [6.45, 7) is 0. The molecule has 0 saturated heterocycles. The molecule has 0 aromatic heterocycles. The van der Waals surface area contributed by atoms with Gasteiger partial charge >= 0.3 is 0 Å². The van der Waals surface area contributed by atoms with Crippen molar-refractivity contribution in [2.24, 2.45) is 5.92 Å². The van der Waals surface area contributed by atoms with Crippen molar-refractivity contribution in [3.63, 3.8) is 0 Å². The molecule has 1 unspecified atom stereocenters. The van der Waals surface area contributed by atoms with Gasteiger partial charge < -0.3 is 4.74 Å². The maximum Gasteiger partial charge on any atom is 0.137 e. The fourth-order valence-corrected chi connectivity index (χ4v) is 4.76. The standard InChI is InChI=1S/C17H15Br2ClO/c1-21-17-14(8-13(20)9-15(17)18)16(19)12-6-10-4-2-3-5-11(10)7-12/h2-5,8-9,12,16H,6-7H2,1H3. The summed E-state index contributed by atoms with van der Waals surface area (Å²) in [4.78, 5) is 0.217. The molecule has 4 heteroatoms. The van der Waals surface area contributed by atoms with Crippen LogP contribution in [-0.4, -0.2) is 7.11 Å². The molecule has 0 fully saturated rings. The number of ether oxygens (including phenoxy) is 1. The Morgan fingerprint density at radius 1 is 1.19 bits per heavy atom. The Kier molecular flexibility index (Phi) is 4.63. The number of hydrogen-bond acceptors (Lipinski definition) is 1. The minimum absolute atomic E-state index is 0.217. The fourth-order valence-electron chi connectivity index (χ4n) is 3.05. The summed E-state index contributed by atoms with van der Waals surface area (Å²) in [7, 11) is 1.70. The lowest BCUT2D eigenvalue weighted by atomic mass is 9.96. The van der Waals surface area contributed by atoms with Crippen molar-refractivity contribution in [1.82, 2.24) is 0 Å². The lowest BCUT2D eigenvalue weighted by molar-refractivity contribution is 0.401. The molecule has 0 heterocycles. The predicted molar refractivity (Wildman–Crippen MR) is 94.7 cm³/mol. The minimum Gasteiger partial charge on any atom is -0.495 e. The van der Waals surface area contributed by atoms with Gasteiger partial charge in [-0.05, 0) is 57.9 Å². The molecule has 1 aliphatic carbocycles. The second kappa shape index (κ2) is 6.31. The number of hydrogen-bond donors (Lipinski definition) is 0. The fraction of sp³-hybridized carbons (Fsp3) is 0.294. The second-order valence-corrected chi connectivity index (χ2v) is 7.63. The largest absolute Gasteiger partial charge is 0.495 e. The Balaban J connectivity index is 1.92. The molecule has 1 aliphatic rings. The van der Waals surface area contributed by atoms with Crippen LogP contribution in [0.25, 0.3) is 0 Å². The quantitative estimate of drug-likeness (QED) is 0.546. The first kappa shape index (κ1) is 15.4. The molecule has 2 aromatic carbocycles. The van der Waals surface area contributed by atoms with E-state index in [1.54, 1.807) is 7.11 Å². The summed E-state index contributed by atoms with van der Waals surface area (Å²) in [6.07, 6.45) is 2.17. The first-order valence-corrected chi connectivity index (χ1v) is 8.92. The molecular weight excluding hydrogens is 415 g/mol. The monoisotopic (exact) mass is 428 g/mol. The lowest BCUT2D eigenvalue weighted by Crippen LogP contribution is -2.09. The topological polar surface area (TPSA) is 9.23 Å². The SMILES string of the molecule is COc1c(Br)cc(Cl)cc1C(Br)C1Cc2ccccc2C1. The molecule has 1 nitrogen and oxygen atoms in total. The molecule has 2 aromatic rings. The molecule has 0 spiro atoms. The Morgan fingerprint density at radius 3 is 2.38 bits per heavy atom. The van der Waals surface area contributed by atoms with Crippen molar-refractivity contribution in [3.8, 4) is 5.75 Å². The third-order valence-electron chi connectivity index (χ3n) is 4.03. The van der Waals surface area contributed by atoms with Gasteiger partial charge in [-0.15, -0.1) is 0 Å². The molecule has 110 valence electrons. The van der Waals surface area contributed by atoms with Crippen LogP contribution in [0.15, 0.2) is 40.9 Å². The smallest absolute Gasteiger partial charge is 0.137 e. The molecule has 21 heavy (non-hydrogen) atoms. The molecule has 0 amide bonds. The van der Waals surface area contributed by atoms with E-state index < -0.39 is 0 Å². The Morgan fingerprint density at radius 2 is 1.81 bits per heavy atom. The third kappa shape index (κ3) is 3.01. The Hall–Kier alpha value is -0.510. The number of fused-ring (bicyclic) bond motifs is 1. The Labute approximate surface area is 146 Å². The molecular formula is C17H15Br2ClO. The molecule has 0 saturated carbocycles. The second-order valence-electron chi connectivity index (χ2n) is 5.35. The van der Waals surface area contributed by atoms with Gasteiger partial charge in [-0.1, -0.05) is 51.8 Å². The summed E-state index contributed by atoms with van der Waals surface area (Å²) < 4.78 is 6.45. The van der Waals surface area contributed by atoms with Gasteiger partial charge in [0.1, 0.15) is 5.75 Å². The highest BCUT2D eigenvalue weighted by Crippen LogP contribution is 2.46. The van der Waals surface area contributed by atoms with Gasteiger partial charge in [-0.25, -0.2) is 0 Å². The van der Waals surface area contributed by atoms with Crippen LogP contribution in [-0.2, 0) is 12.8 Å². The highest BCUT2D eigenvalue weighted by Gasteiger charge is 2.30. The number of rotatable bonds is 3. The van der Waals surface area contributed by atoms with Gasteiger partial charge in [0.2, 0.25) is 0 Å². The summed E-state index contributed by atoms with van der Waals surface area (Å²) in [6, 6.07) is 12.5. The van der Waals surface area contributed by atoms with Crippen molar-refractivity contribution >= 4 is 43.5 Å². The first-order chi connectivity index (χ1) is 10.1. The molecule has 0 N–H and O–H groups in total. The number of alkyl halides is 1. The van der Waals surface area contributed by atoms with E-state index in [1.165, 1.54) is 11.1 Å².